The first-order valence-corrected chi connectivity index (χ1v) is 12.8. The fourth-order valence-electron chi connectivity index (χ4n) is 4.49. The number of anilines is 1. The fourth-order valence-corrected chi connectivity index (χ4v) is 6.57. The molecule has 0 aliphatic heterocycles. The van der Waals surface area contributed by atoms with E-state index in [4.69, 9.17) is 4.98 Å². The van der Waals surface area contributed by atoms with Crippen LogP contribution in [0.3, 0.4) is 0 Å². The number of nitrogens with one attached hydrogen (secondary N) is 1. The number of aryl methyl sites for hydroxylation is 2. The van der Waals surface area contributed by atoms with Crippen molar-refractivity contribution in [2.24, 2.45) is 7.05 Å². The molecule has 0 bridgehead atoms. The number of rotatable bonds is 5. The predicted molar refractivity (Wildman–Crippen MR) is 136 cm³/mol. The summed E-state index contributed by atoms with van der Waals surface area (Å²) in [7, 11) is 1.70. The average molecular weight is 490 g/mol. The first-order chi connectivity index (χ1) is 16.4. The van der Waals surface area contributed by atoms with Gasteiger partial charge in [-0.15, -0.1) is 11.3 Å². The fraction of sp³-hybridized carbons (Fsp3) is 0.280. The average Bonchev–Trinajstić information content (AvgIpc) is 3.48. The molecule has 1 aromatic carbocycles. The Kier molecular flexibility index (Phi) is 5.80. The van der Waals surface area contributed by atoms with E-state index in [1.54, 1.807) is 18.4 Å². The summed E-state index contributed by atoms with van der Waals surface area (Å²) in [5.74, 6) is 0.264. The zero-order valence-corrected chi connectivity index (χ0v) is 20.8. The van der Waals surface area contributed by atoms with Crippen LogP contribution in [0.15, 0.2) is 40.3 Å². The molecule has 3 heterocycles. The van der Waals surface area contributed by atoms with Gasteiger partial charge in [-0.1, -0.05) is 30.0 Å². The van der Waals surface area contributed by atoms with Crippen molar-refractivity contribution in [1.82, 2.24) is 14.1 Å². The van der Waals surface area contributed by atoms with Gasteiger partial charge in [-0.2, -0.15) is 5.26 Å². The number of hydrogen-bond acceptors (Lipinski definition) is 6. The van der Waals surface area contributed by atoms with E-state index in [1.165, 1.54) is 21.2 Å². The molecule has 9 heteroatoms. The number of carbonyl (C=O) groups is 1. The molecule has 1 aliphatic rings. The summed E-state index contributed by atoms with van der Waals surface area (Å²) in [4.78, 5) is 32.7. The summed E-state index contributed by atoms with van der Waals surface area (Å²) in [5.41, 5.74) is 4.13. The number of amides is 1. The lowest BCUT2D eigenvalue weighted by Crippen LogP contribution is -2.22. The second kappa shape index (κ2) is 8.78. The van der Waals surface area contributed by atoms with Crippen LogP contribution in [0.4, 0.5) is 5.82 Å². The Bertz CT molecular complexity index is 1540. The molecule has 3 aromatic heterocycles. The maximum Gasteiger partial charge on any atom is 0.262 e. The van der Waals surface area contributed by atoms with Crippen molar-refractivity contribution in [3.63, 3.8) is 0 Å². The Morgan fingerprint density at radius 1 is 1.26 bits per heavy atom. The van der Waals surface area contributed by atoms with E-state index in [0.29, 0.717) is 16.5 Å². The minimum atomic E-state index is -0.265. The van der Waals surface area contributed by atoms with Gasteiger partial charge in [-0.25, -0.2) is 4.98 Å². The van der Waals surface area contributed by atoms with Crippen LogP contribution in [0, 0.1) is 25.2 Å². The van der Waals surface area contributed by atoms with Crippen molar-refractivity contribution in [2.45, 2.75) is 38.3 Å². The molecule has 1 N–H and O–H groups in total. The summed E-state index contributed by atoms with van der Waals surface area (Å²) in [6, 6.07) is 11.9. The summed E-state index contributed by atoms with van der Waals surface area (Å²) in [6.07, 6.45) is 3.03. The quantitative estimate of drug-likeness (QED) is 0.329. The van der Waals surface area contributed by atoms with Crippen molar-refractivity contribution >= 4 is 45.0 Å². The van der Waals surface area contributed by atoms with Gasteiger partial charge in [0.2, 0.25) is 5.91 Å². The van der Waals surface area contributed by atoms with Crippen LogP contribution < -0.4 is 10.9 Å². The number of carbonyl (C=O) groups excluding carboxylic acids is 1. The van der Waals surface area contributed by atoms with Crippen LogP contribution >= 0.6 is 23.1 Å². The lowest BCUT2D eigenvalue weighted by molar-refractivity contribution is -0.113. The number of fused-ring (bicyclic) bond motifs is 3. The van der Waals surface area contributed by atoms with Crippen LogP contribution in [0.2, 0.25) is 0 Å². The Morgan fingerprint density at radius 3 is 2.76 bits per heavy atom. The Labute approximate surface area is 205 Å². The van der Waals surface area contributed by atoms with E-state index >= 15 is 0 Å². The number of thiophene rings is 1. The monoisotopic (exact) mass is 489 g/mol. The maximum atomic E-state index is 13.0. The maximum absolute atomic E-state index is 13.0. The van der Waals surface area contributed by atoms with E-state index in [-0.39, 0.29) is 17.2 Å². The molecule has 0 atom stereocenters. The molecule has 7 nitrogen and oxygen atoms in total. The highest BCUT2D eigenvalue weighted by molar-refractivity contribution is 7.99. The highest BCUT2D eigenvalue weighted by Gasteiger charge is 2.24. The van der Waals surface area contributed by atoms with E-state index in [9.17, 15) is 14.9 Å². The summed E-state index contributed by atoms with van der Waals surface area (Å²) >= 11 is 2.82. The van der Waals surface area contributed by atoms with Crippen LogP contribution in [0.5, 0.6) is 0 Å². The molecule has 0 saturated heterocycles. The van der Waals surface area contributed by atoms with E-state index in [0.717, 1.165) is 52.0 Å². The van der Waals surface area contributed by atoms with E-state index in [1.807, 2.05) is 48.7 Å². The molecular formula is C25H23N5O2S2. The zero-order valence-electron chi connectivity index (χ0n) is 19.1. The van der Waals surface area contributed by atoms with Crippen molar-refractivity contribution in [2.75, 3.05) is 11.1 Å². The Hall–Kier alpha value is -3.35. The number of hydrogen-bond donors (Lipinski definition) is 1. The molecule has 172 valence electrons. The van der Waals surface area contributed by atoms with Gasteiger partial charge in [0, 0.05) is 23.3 Å². The van der Waals surface area contributed by atoms with Crippen LogP contribution in [-0.2, 0) is 24.7 Å². The van der Waals surface area contributed by atoms with Gasteiger partial charge in [-0.3, -0.25) is 18.7 Å². The number of aromatic nitrogens is 3. The van der Waals surface area contributed by atoms with Gasteiger partial charge in [0.25, 0.3) is 5.56 Å². The Morgan fingerprint density at radius 2 is 2.03 bits per heavy atom. The van der Waals surface area contributed by atoms with Crippen LogP contribution in [0.1, 0.15) is 33.7 Å². The van der Waals surface area contributed by atoms with Gasteiger partial charge in [0.15, 0.2) is 5.16 Å². The van der Waals surface area contributed by atoms with Crippen LogP contribution in [-0.4, -0.2) is 25.8 Å². The first-order valence-electron chi connectivity index (χ1n) is 11.0. The number of thioether (sulfide) groups is 1. The van der Waals surface area contributed by atoms with Crippen molar-refractivity contribution < 1.29 is 4.79 Å². The second-order valence-electron chi connectivity index (χ2n) is 8.35. The van der Waals surface area contributed by atoms with Gasteiger partial charge < -0.3 is 5.32 Å². The summed E-state index contributed by atoms with van der Waals surface area (Å²) in [5, 5.41) is 13.9. The standard InChI is InChI=1S/C25H23N5O2S2/c1-14-15(2)30(16-8-5-4-6-9-16)22(18(14)12-26)27-20(31)13-33-25-28-23-21(24(32)29(25)3)17-10-7-11-19(17)34-23/h4-6,8-9H,7,10-11,13H2,1-3H3,(H,27,31). The lowest BCUT2D eigenvalue weighted by atomic mass is 10.2. The largest absolute Gasteiger partial charge is 0.310 e. The van der Waals surface area contributed by atoms with Crippen molar-refractivity contribution in [3.8, 4) is 11.8 Å². The normalized spacial score (nSPS) is 12.6. The molecule has 0 radical (unpaired) electrons. The van der Waals surface area contributed by atoms with E-state index in [2.05, 4.69) is 11.4 Å². The van der Waals surface area contributed by atoms with Gasteiger partial charge in [-0.05, 0) is 56.4 Å². The molecule has 34 heavy (non-hydrogen) atoms. The minimum absolute atomic E-state index is 0.0525. The third-order valence-electron chi connectivity index (χ3n) is 6.34. The zero-order chi connectivity index (χ0) is 24.0. The number of benzene rings is 1. The molecule has 4 aromatic rings. The molecule has 1 aliphatic carbocycles. The number of nitrogens with zero attached hydrogens (tertiary/aromatic N) is 4. The molecule has 5 rings (SSSR count). The predicted octanol–water partition coefficient (Wildman–Crippen LogP) is 4.49. The number of nitriles is 1. The molecule has 0 fully saturated rings. The highest BCUT2D eigenvalue weighted by Crippen LogP contribution is 2.35. The van der Waals surface area contributed by atoms with Gasteiger partial charge >= 0.3 is 0 Å². The summed E-state index contributed by atoms with van der Waals surface area (Å²) < 4.78 is 3.43. The number of para-hydroxylation sites is 1. The third kappa shape index (κ3) is 3.63. The van der Waals surface area contributed by atoms with Crippen LogP contribution in [0.25, 0.3) is 15.9 Å². The van der Waals surface area contributed by atoms with Gasteiger partial charge in [0.1, 0.15) is 16.7 Å². The minimum Gasteiger partial charge on any atom is -0.310 e. The molecule has 1 amide bonds. The Balaban J connectivity index is 1.42. The molecule has 0 saturated carbocycles. The van der Waals surface area contributed by atoms with E-state index < -0.39 is 0 Å². The first kappa shape index (κ1) is 22.4. The van der Waals surface area contributed by atoms with Gasteiger partial charge in [0.05, 0.1) is 16.7 Å². The SMILES string of the molecule is Cc1c(C#N)c(NC(=O)CSc2nc3sc4c(c3c(=O)n2C)CCC4)n(-c2ccccc2)c1C. The van der Waals surface area contributed by atoms with Crippen molar-refractivity contribution in [3.05, 3.63) is 67.9 Å². The van der Waals surface area contributed by atoms with Crippen molar-refractivity contribution in [1.29, 1.82) is 5.26 Å². The third-order valence-corrected chi connectivity index (χ3v) is 8.55. The molecule has 0 unspecified atom stereocenters. The highest BCUT2D eigenvalue weighted by atomic mass is 32.2. The smallest absolute Gasteiger partial charge is 0.262 e. The molecule has 0 spiro atoms. The summed E-state index contributed by atoms with van der Waals surface area (Å²) in [6.45, 7) is 3.81. The molecular weight excluding hydrogens is 466 g/mol. The topological polar surface area (TPSA) is 92.7 Å². The second-order valence-corrected chi connectivity index (χ2v) is 10.4. The lowest BCUT2D eigenvalue weighted by Gasteiger charge is -2.13.